The number of hydrogen-bond donors (Lipinski definition) is 0. The Kier molecular flexibility index (Phi) is 5.25. The van der Waals surface area contributed by atoms with Crippen LogP contribution in [0.2, 0.25) is 0 Å². The van der Waals surface area contributed by atoms with Gasteiger partial charge in [0.15, 0.2) is 0 Å². The Bertz CT molecular complexity index is 693. The maximum absolute atomic E-state index is 12.8. The number of pyridine rings is 1. The fourth-order valence-corrected chi connectivity index (χ4v) is 3.39. The first kappa shape index (κ1) is 16.0. The molecule has 0 bridgehead atoms. The van der Waals surface area contributed by atoms with Gasteiger partial charge in [-0.3, -0.25) is 0 Å². The van der Waals surface area contributed by atoms with Crippen molar-refractivity contribution in [3.8, 4) is 5.75 Å². The van der Waals surface area contributed by atoms with Gasteiger partial charge in [0.1, 0.15) is 23.2 Å². The Morgan fingerprint density at radius 2 is 2.00 bits per heavy atom. The van der Waals surface area contributed by atoms with E-state index in [0.29, 0.717) is 12.4 Å². The second-order valence-electron chi connectivity index (χ2n) is 4.94. The summed E-state index contributed by atoms with van der Waals surface area (Å²) in [6.45, 7) is 2.42. The first-order valence-electron chi connectivity index (χ1n) is 7.06. The standard InChI is InChI=1S/C17H15FN2OS2/c1-12-2-7-16(19-8-12)22-10-14-11-23-17(20-14)9-21-15-5-3-13(18)4-6-15/h2-8,11H,9-10H2,1H3. The molecule has 0 amide bonds. The minimum atomic E-state index is -0.268. The Hall–Kier alpha value is -1.92. The van der Waals surface area contributed by atoms with Crippen molar-refractivity contribution in [2.45, 2.75) is 24.3 Å². The molecule has 0 spiro atoms. The van der Waals surface area contributed by atoms with E-state index in [1.165, 1.54) is 12.1 Å². The molecule has 2 heterocycles. The molecule has 3 nitrogen and oxygen atoms in total. The molecule has 3 aromatic rings. The van der Waals surface area contributed by atoms with E-state index < -0.39 is 0 Å². The van der Waals surface area contributed by atoms with Crippen LogP contribution in [0.15, 0.2) is 53.0 Å². The van der Waals surface area contributed by atoms with E-state index in [-0.39, 0.29) is 5.82 Å². The van der Waals surface area contributed by atoms with E-state index in [1.807, 2.05) is 24.6 Å². The number of ether oxygens (including phenoxy) is 1. The lowest BCUT2D eigenvalue weighted by Gasteiger charge is -2.03. The van der Waals surface area contributed by atoms with Gasteiger partial charge in [-0.1, -0.05) is 6.07 Å². The molecule has 2 aromatic heterocycles. The number of thioether (sulfide) groups is 1. The van der Waals surface area contributed by atoms with Gasteiger partial charge in [0.25, 0.3) is 0 Å². The van der Waals surface area contributed by atoms with Gasteiger partial charge in [0.05, 0.1) is 10.7 Å². The molecule has 0 saturated heterocycles. The highest BCUT2D eigenvalue weighted by molar-refractivity contribution is 7.98. The van der Waals surface area contributed by atoms with Crippen LogP contribution in [-0.4, -0.2) is 9.97 Å². The fraction of sp³-hybridized carbons (Fsp3) is 0.176. The van der Waals surface area contributed by atoms with Gasteiger partial charge in [0, 0.05) is 17.3 Å². The summed E-state index contributed by atoms with van der Waals surface area (Å²) in [6.07, 6.45) is 1.87. The quantitative estimate of drug-likeness (QED) is 0.597. The Morgan fingerprint density at radius 1 is 1.17 bits per heavy atom. The van der Waals surface area contributed by atoms with Crippen molar-refractivity contribution in [3.63, 3.8) is 0 Å². The zero-order chi connectivity index (χ0) is 16.1. The summed E-state index contributed by atoms with van der Waals surface area (Å²) in [4.78, 5) is 8.91. The molecular formula is C17H15FN2OS2. The van der Waals surface area contributed by atoms with Crippen molar-refractivity contribution in [2.24, 2.45) is 0 Å². The van der Waals surface area contributed by atoms with Gasteiger partial charge in [-0.25, -0.2) is 14.4 Å². The molecule has 6 heteroatoms. The van der Waals surface area contributed by atoms with Crippen molar-refractivity contribution >= 4 is 23.1 Å². The second kappa shape index (κ2) is 7.57. The van der Waals surface area contributed by atoms with Crippen LogP contribution in [0.4, 0.5) is 4.39 Å². The van der Waals surface area contributed by atoms with Crippen molar-refractivity contribution in [2.75, 3.05) is 0 Å². The highest BCUT2D eigenvalue weighted by Gasteiger charge is 2.05. The average Bonchev–Trinajstić information content (AvgIpc) is 3.02. The van der Waals surface area contributed by atoms with Gasteiger partial charge in [-0.05, 0) is 42.8 Å². The smallest absolute Gasteiger partial charge is 0.140 e. The maximum atomic E-state index is 12.8. The van der Waals surface area contributed by atoms with E-state index in [2.05, 4.69) is 16.0 Å². The van der Waals surface area contributed by atoms with Gasteiger partial charge >= 0.3 is 0 Å². The molecule has 0 atom stereocenters. The molecule has 0 aliphatic rings. The minimum Gasteiger partial charge on any atom is -0.486 e. The van der Waals surface area contributed by atoms with Crippen molar-refractivity contribution in [1.82, 2.24) is 9.97 Å². The van der Waals surface area contributed by atoms with E-state index in [9.17, 15) is 4.39 Å². The molecule has 0 N–H and O–H groups in total. The second-order valence-corrected chi connectivity index (χ2v) is 6.88. The summed E-state index contributed by atoms with van der Waals surface area (Å²) in [5.74, 6) is 1.15. The van der Waals surface area contributed by atoms with E-state index >= 15 is 0 Å². The van der Waals surface area contributed by atoms with Gasteiger partial charge in [-0.15, -0.1) is 23.1 Å². The number of hydrogen-bond acceptors (Lipinski definition) is 5. The predicted octanol–water partition coefficient (Wildman–Crippen LogP) is 4.86. The molecule has 0 radical (unpaired) electrons. The lowest BCUT2D eigenvalue weighted by molar-refractivity contribution is 0.305. The number of rotatable bonds is 6. The fourth-order valence-electron chi connectivity index (χ4n) is 1.84. The number of thiazole rings is 1. The summed E-state index contributed by atoms with van der Waals surface area (Å²) in [7, 11) is 0. The predicted molar refractivity (Wildman–Crippen MR) is 91.4 cm³/mol. The zero-order valence-electron chi connectivity index (χ0n) is 12.5. The molecule has 23 heavy (non-hydrogen) atoms. The van der Waals surface area contributed by atoms with Gasteiger partial charge in [0.2, 0.25) is 0 Å². The van der Waals surface area contributed by atoms with Gasteiger partial charge in [-0.2, -0.15) is 0 Å². The van der Waals surface area contributed by atoms with Crippen LogP contribution >= 0.6 is 23.1 Å². The third kappa shape index (κ3) is 4.77. The number of aryl methyl sites for hydroxylation is 1. The van der Waals surface area contributed by atoms with E-state index in [1.54, 1.807) is 35.2 Å². The summed E-state index contributed by atoms with van der Waals surface area (Å²) in [5, 5.41) is 3.93. The van der Waals surface area contributed by atoms with Crippen molar-refractivity contribution in [3.05, 3.63) is 70.1 Å². The normalized spacial score (nSPS) is 10.7. The van der Waals surface area contributed by atoms with Gasteiger partial charge < -0.3 is 4.74 Å². The monoisotopic (exact) mass is 346 g/mol. The van der Waals surface area contributed by atoms with Crippen LogP contribution in [0.3, 0.4) is 0 Å². The Morgan fingerprint density at radius 3 is 2.74 bits per heavy atom. The molecule has 0 unspecified atom stereocenters. The lowest BCUT2D eigenvalue weighted by Crippen LogP contribution is -1.95. The molecule has 1 aromatic carbocycles. The molecule has 0 aliphatic carbocycles. The largest absolute Gasteiger partial charge is 0.486 e. The number of halogens is 1. The molecule has 0 saturated carbocycles. The summed E-state index contributed by atoms with van der Waals surface area (Å²) < 4.78 is 18.4. The van der Waals surface area contributed by atoms with Crippen LogP contribution in [-0.2, 0) is 12.4 Å². The highest BCUT2D eigenvalue weighted by Crippen LogP contribution is 2.23. The summed E-state index contributed by atoms with van der Waals surface area (Å²) in [6, 6.07) is 10.1. The molecular weight excluding hydrogens is 331 g/mol. The third-order valence-electron chi connectivity index (χ3n) is 3.03. The van der Waals surface area contributed by atoms with Crippen LogP contribution in [0.25, 0.3) is 0 Å². The lowest BCUT2D eigenvalue weighted by atomic mass is 10.3. The van der Waals surface area contributed by atoms with Crippen LogP contribution < -0.4 is 4.74 Å². The Labute approximate surface area is 142 Å². The van der Waals surface area contributed by atoms with Crippen molar-refractivity contribution < 1.29 is 9.13 Å². The third-order valence-corrected chi connectivity index (χ3v) is 4.88. The minimum absolute atomic E-state index is 0.268. The van der Waals surface area contributed by atoms with E-state index in [4.69, 9.17) is 4.74 Å². The number of nitrogens with zero attached hydrogens (tertiary/aromatic N) is 2. The van der Waals surface area contributed by atoms with Crippen molar-refractivity contribution in [1.29, 1.82) is 0 Å². The van der Waals surface area contributed by atoms with Crippen LogP contribution in [0.1, 0.15) is 16.3 Å². The Balaban J connectivity index is 1.51. The first-order chi connectivity index (χ1) is 11.2. The molecule has 118 valence electrons. The molecule has 0 aliphatic heterocycles. The van der Waals surface area contributed by atoms with E-state index in [0.717, 1.165) is 27.0 Å². The molecule has 3 rings (SSSR count). The topological polar surface area (TPSA) is 35.0 Å². The summed E-state index contributed by atoms with van der Waals surface area (Å²) >= 11 is 3.23. The average molecular weight is 346 g/mol. The number of benzene rings is 1. The van der Waals surface area contributed by atoms with Crippen LogP contribution in [0, 0.1) is 12.7 Å². The SMILES string of the molecule is Cc1ccc(SCc2csc(COc3ccc(F)cc3)n2)nc1. The zero-order valence-corrected chi connectivity index (χ0v) is 14.2. The van der Waals surface area contributed by atoms with Crippen LogP contribution in [0.5, 0.6) is 5.75 Å². The number of aromatic nitrogens is 2. The summed E-state index contributed by atoms with van der Waals surface area (Å²) in [5.41, 5.74) is 2.17. The highest BCUT2D eigenvalue weighted by atomic mass is 32.2. The molecule has 0 fully saturated rings. The first-order valence-corrected chi connectivity index (χ1v) is 8.93. The maximum Gasteiger partial charge on any atom is 0.140 e.